The van der Waals surface area contributed by atoms with Crippen LogP contribution in [-0.4, -0.2) is 54.7 Å². The largest absolute Gasteiger partial charge is 0.469 e. The van der Waals surface area contributed by atoms with E-state index in [1.165, 1.54) is 7.11 Å². The number of halogens is 1. The van der Waals surface area contributed by atoms with Crippen LogP contribution in [-0.2, 0) is 19.1 Å². The van der Waals surface area contributed by atoms with Crippen molar-refractivity contribution in [3.05, 3.63) is 40.6 Å². The lowest BCUT2D eigenvalue weighted by Gasteiger charge is -2.30. The Hall–Kier alpha value is -2.87. The SMILES string of the molecule is COC(=O)C1CCN(C(=O)COC(=O)c2c(-c3ccccc3Cl)noc2C)CC1. The van der Waals surface area contributed by atoms with Gasteiger partial charge in [0.05, 0.1) is 18.1 Å². The zero-order valence-electron chi connectivity index (χ0n) is 16.1. The molecule has 1 aliphatic heterocycles. The summed E-state index contributed by atoms with van der Waals surface area (Å²) in [5.41, 5.74) is 0.939. The molecule has 2 heterocycles. The van der Waals surface area contributed by atoms with Crippen LogP contribution in [0.4, 0.5) is 0 Å². The Labute approximate surface area is 172 Å². The number of likely N-dealkylation sites (tertiary alicyclic amines) is 1. The van der Waals surface area contributed by atoms with Gasteiger partial charge in [-0.3, -0.25) is 9.59 Å². The van der Waals surface area contributed by atoms with E-state index in [1.54, 1.807) is 36.1 Å². The summed E-state index contributed by atoms with van der Waals surface area (Å²) in [7, 11) is 1.35. The molecule has 0 saturated carbocycles. The lowest BCUT2D eigenvalue weighted by Crippen LogP contribution is -2.42. The maximum Gasteiger partial charge on any atom is 0.344 e. The Balaban J connectivity index is 1.62. The van der Waals surface area contributed by atoms with Gasteiger partial charge >= 0.3 is 11.9 Å². The summed E-state index contributed by atoms with van der Waals surface area (Å²) in [6.07, 6.45) is 1.04. The number of methoxy groups -OCH3 is 1. The Kier molecular flexibility index (Phi) is 6.53. The van der Waals surface area contributed by atoms with Crippen molar-refractivity contribution < 1.29 is 28.4 Å². The fourth-order valence-corrected chi connectivity index (χ4v) is 3.50. The van der Waals surface area contributed by atoms with E-state index in [1.807, 2.05) is 0 Å². The number of carbonyl (C=O) groups is 3. The maximum atomic E-state index is 12.6. The predicted octanol–water partition coefficient (Wildman–Crippen LogP) is 2.87. The van der Waals surface area contributed by atoms with Crippen molar-refractivity contribution in [1.82, 2.24) is 10.1 Å². The topological polar surface area (TPSA) is 98.9 Å². The van der Waals surface area contributed by atoms with E-state index in [2.05, 4.69) is 5.16 Å². The number of nitrogens with zero attached hydrogens (tertiary/aromatic N) is 2. The molecular formula is C20H21ClN2O6. The van der Waals surface area contributed by atoms with Gasteiger partial charge in [0, 0.05) is 18.7 Å². The Morgan fingerprint density at radius 2 is 1.93 bits per heavy atom. The van der Waals surface area contributed by atoms with Crippen molar-refractivity contribution in [2.75, 3.05) is 26.8 Å². The number of aromatic nitrogens is 1. The lowest BCUT2D eigenvalue weighted by atomic mass is 9.97. The second-order valence-corrected chi connectivity index (χ2v) is 7.10. The van der Waals surface area contributed by atoms with Crippen LogP contribution in [0.3, 0.4) is 0 Å². The van der Waals surface area contributed by atoms with Gasteiger partial charge in [-0.05, 0) is 25.8 Å². The molecule has 154 valence electrons. The molecule has 1 aromatic carbocycles. The molecule has 1 fully saturated rings. The monoisotopic (exact) mass is 420 g/mol. The highest BCUT2D eigenvalue weighted by atomic mass is 35.5. The lowest BCUT2D eigenvalue weighted by molar-refractivity contribution is -0.149. The van der Waals surface area contributed by atoms with Crippen LogP contribution in [0, 0.1) is 12.8 Å². The van der Waals surface area contributed by atoms with Crippen molar-refractivity contribution in [3.63, 3.8) is 0 Å². The summed E-state index contributed by atoms with van der Waals surface area (Å²) in [5, 5.41) is 4.33. The standard InChI is InChI=1S/C20H21ClN2O6/c1-12-17(18(22-29-12)14-5-3-4-6-15(14)21)20(26)28-11-16(24)23-9-7-13(8-10-23)19(25)27-2/h3-6,13H,7-11H2,1-2H3. The van der Waals surface area contributed by atoms with E-state index in [0.717, 1.165) is 0 Å². The van der Waals surface area contributed by atoms with Gasteiger partial charge in [0.1, 0.15) is 17.0 Å². The van der Waals surface area contributed by atoms with Gasteiger partial charge in [0.15, 0.2) is 6.61 Å². The zero-order chi connectivity index (χ0) is 21.0. The highest BCUT2D eigenvalue weighted by Crippen LogP contribution is 2.31. The third-order valence-corrected chi connectivity index (χ3v) is 5.23. The molecule has 0 bridgehead atoms. The molecule has 0 atom stereocenters. The summed E-state index contributed by atoms with van der Waals surface area (Å²) >= 11 is 6.19. The molecule has 1 aliphatic rings. The van der Waals surface area contributed by atoms with Gasteiger partial charge in [-0.1, -0.05) is 35.0 Å². The molecular weight excluding hydrogens is 400 g/mol. The van der Waals surface area contributed by atoms with Crippen molar-refractivity contribution in [1.29, 1.82) is 0 Å². The van der Waals surface area contributed by atoms with E-state index >= 15 is 0 Å². The molecule has 2 aromatic rings. The maximum absolute atomic E-state index is 12.6. The van der Waals surface area contributed by atoms with E-state index in [-0.39, 0.29) is 34.8 Å². The minimum Gasteiger partial charge on any atom is -0.469 e. The van der Waals surface area contributed by atoms with E-state index < -0.39 is 12.6 Å². The number of amides is 1. The third kappa shape index (κ3) is 4.59. The average molecular weight is 421 g/mol. The molecule has 0 N–H and O–H groups in total. The van der Waals surface area contributed by atoms with Crippen LogP contribution in [0.1, 0.15) is 29.0 Å². The van der Waals surface area contributed by atoms with Gasteiger partial charge in [0.2, 0.25) is 0 Å². The van der Waals surface area contributed by atoms with Crippen molar-refractivity contribution in [3.8, 4) is 11.3 Å². The first-order valence-electron chi connectivity index (χ1n) is 9.16. The van der Waals surface area contributed by atoms with Gasteiger partial charge in [-0.2, -0.15) is 0 Å². The smallest absolute Gasteiger partial charge is 0.344 e. The number of hydrogen-bond acceptors (Lipinski definition) is 7. The fourth-order valence-electron chi connectivity index (χ4n) is 3.27. The fraction of sp³-hybridized carbons (Fsp3) is 0.400. The third-order valence-electron chi connectivity index (χ3n) is 4.90. The van der Waals surface area contributed by atoms with Crippen LogP contribution >= 0.6 is 11.6 Å². The molecule has 1 aromatic heterocycles. The molecule has 0 spiro atoms. The van der Waals surface area contributed by atoms with Crippen LogP contribution in [0.5, 0.6) is 0 Å². The highest BCUT2D eigenvalue weighted by molar-refractivity contribution is 6.33. The molecule has 0 unspecified atom stereocenters. The molecule has 8 nitrogen and oxygen atoms in total. The van der Waals surface area contributed by atoms with Gasteiger partial charge in [-0.15, -0.1) is 0 Å². The van der Waals surface area contributed by atoms with Crippen LogP contribution < -0.4 is 0 Å². The minimum atomic E-state index is -0.712. The normalized spacial score (nSPS) is 14.5. The molecule has 0 aliphatic carbocycles. The average Bonchev–Trinajstić information content (AvgIpc) is 3.12. The van der Waals surface area contributed by atoms with Crippen molar-refractivity contribution in [2.45, 2.75) is 19.8 Å². The second-order valence-electron chi connectivity index (χ2n) is 6.70. The molecule has 3 rings (SSSR count). The second kappa shape index (κ2) is 9.09. The number of aryl methyl sites for hydroxylation is 1. The predicted molar refractivity (Wildman–Crippen MR) is 103 cm³/mol. The number of esters is 2. The van der Waals surface area contributed by atoms with Gasteiger partial charge < -0.3 is 18.9 Å². The molecule has 29 heavy (non-hydrogen) atoms. The van der Waals surface area contributed by atoms with E-state index in [0.29, 0.717) is 36.5 Å². The molecule has 1 saturated heterocycles. The first-order chi connectivity index (χ1) is 13.9. The Morgan fingerprint density at radius 3 is 2.59 bits per heavy atom. The summed E-state index contributed by atoms with van der Waals surface area (Å²) < 4.78 is 15.1. The first-order valence-corrected chi connectivity index (χ1v) is 9.54. The molecule has 1 amide bonds. The number of rotatable bonds is 5. The zero-order valence-corrected chi connectivity index (χ0v) is 16.9. The van der Waals surface area contributed by atoms with E-state index in [9.17, 15) is 14.4 Å². The van der Waals surface area contributed by atoms with Crippen molar-refractivity contribution in [2.24, 2.45) is 5.92 Å². The van der Waals surface area contributed by atoms with Crippen molar-refractivity contribution >= 4 is 29.4 Å². The van der Waals surface area contributed by atoms with Crippen LogP contribution in [0.25, 0.3) is 11.3 Å². The summed E-state index contributed by atoms with van der Waals surface area (Å²) in [5.74, 6) is -1.23. The van der Waals surface area contributed by atoms with Crippen LogP contribution in [0.15, 0.2) is 28.8 Å². The Bertz CT molecular complexity index is 917. The number of piperidine rings is 1. The molecule has 9 heteroatoms. The highest BCUT2D eigenvalue weighted by Gasteiger charge is 2.29. The quantitative estimate of drug-likeness (QED) is 0.685. The number of carbonyl (C=O) groups excluding carboxylic acids is 3. The number of benzene rings is 1. The van der Waals surface area contributed by atoms with Gasteiger partial charge in [-0.25, -0.2) is 4.79 Å². The Morgan fingerprint density at radius 1 is 1.24 bits per heavy atom. The summed E-state index contributed by atoms with van der Waals surface area (Å²) in [6, 6.07) is 6.92. The van der Waals surface area contributed by atoms with Crippen LogP contribution in [0.2, 0.25) is 5.02 Å². The summed E-state index contributed by atoms with van der Waals surface area (Å²) in [4.78, 5) is 38.1. The number of ether oxygens (including phenoxy) is 2. The first kappa shape index (κ1) is 20.9. The van der Waals surface area contributed by atoms with Gasteiger partial charge in [0.25, 0.3) is 5.91 Å². The number of hydrogen-bond donors (Lipinski definition) is 0. The minimum absolute atomic E-state index is 0.135. The molecule has 0 radical (unpaired) electrons. The van der Waals surface area contributed by atoms with E-state index in [4.69, 9.17) is 25.6 Å². The summed E-state index contributed by atoms with van der Waals surface area (Å²) in [6.45, 7) is 2.00.